The maximum Gasteiger partial charge on any atom is 0.0335 e. The van der Waals surface area contributed by atoms with Gasteiger partial charge in [0.15, 0.2) is 0 Å². The van der Waals surface area contributed by atoms with Crippen LogP contribution in [-0.4, -0.2) is 35.6 Å². The summed E-state index contributed by atoms with van der Waals surface area (Å²) >= 11 is 1.91. The number of rotatable bonds is 5. The third-order valence-electron chi connectivity index (χ3n) is 6.05. The topological polar surface area (TPSA) is 15.3 Å². The van der Waals surface area contributed by atoms with Crippen LogP contribution < -0.4 is 5.32 Å². The van der Waals surface area contributed by atoms with Gasteiger partial charge in [-0.05, 0) is 43.6 Å². The van der Waals surface area contributed by atoms with Crippen LogP contribution in [0.5, 0.6) is 0 Å². The van der Waals surface area contributed by atoms with Gasteiger partial charge in [-0.1, -0.05) is 32.8 Å². The molecule has 1 N–H and O–H groups in total. The van der Waals surface area contributed by atoms with E-state index in [1.165, 1.54) is 64.6 Å². The summed E-state index contributed by atoms with van der Waals surface area (Å²) in [5, 5.41) is 6.16. The first-order chi connectivity index (χ1) is 10.2. The molecule has 1 aliphatic heterocycles. The Bertz CT molecular complexity index is 430. The van der Waals surface area contributed by atoms with Crippen molar-refractivity contribution in [3.63, 3.8) is 0 Å². The van der Waals surface area contributed by atoms with Crippen LogP contribution in [0.1, 0.15) is 57.2 Å². The Morgan fingerprint density at radius 2 is 2.00 bits per heavy atom. The average Bonchev–Trinajstić information content (AvgIpc) is 3.19. The van der Waals surface area contributed by atoms with Crippen LogP contribution in [0.3, 0.4) is 0 Å². The lowest BCUT2D eigenvalue weighted by Crippen LogP contribution is -2.69. The van der Waals surface area contributed by atoms with Crippen LogP contribution in [0, 0.1) is 0 Å². The average molecular weight is 307 g/mol. The summed E-state index contributed by atoms with van der Waals surface area (Å²) in [5.74, 6) is 0. The van der Waals surface area contributed by atoms with Gasteiger partial charge in [0, 0.05) is 35.6 Å². The number of piperazine rings is 1. The van der Waals surface area contributed by atoms with Gasteiger partial charge in [0.05, 0.1) is 0 Å². The zero-order chi connectivity index (χ0) is 14.8. The summed E-state index contributed by atoms with van der Waals surface area (Å²) in [6, 6.07) is 4.48. The lowest BCUT2D eigenvalue weighted by molar-refractivity contribution is 0.00526. The van der Waals surface area contributed by atoms with E-state index in [4.69, 9.17) is 0 Å². The first kappa shape index (κ1) is 15.5. The smallest absolute Gasteiger partial charge is 0.0335 e. The maximum atomic E-state index is 3.95. The van der Waals surface area contributed by atoms with Gasteiger partial charge in [0.2, 0.25) is 0 Å². The molecule has 3 heteroatoms. The normalized spacial score (nSPS) is 24.7. The Kier molecular flexibility index (Phi) is 4.72. The molecule has 1 aliphatic carbocycles. The first-order valence-corrected chi connectivity index (χ1v) is 9.62. The lowest BCUT2D eigenvalue weighted by atomic mass is 9.82. The Balaban J connectivity index is 1.73. The van der Waals surface area contributed by atoms with Crippen molar-refractivity contribution in [1.29, 1.82) is 0 Å². The molecule has 2 aliphatic rings. The summed E-state index contributed by atoms with van der Waals surface area (Å²) in [5.41, 5.74) is 0.814. The van der Waals surface area contributed by atoms with Crippen molar-refractivity contribution in [3.05, 3.63) is 22.4 Å². The molecular weight excluding hydrogens is 276 g/mol. The van der Waals surface area contributed by atoms with Crippen molar-refractivity contribution in [2.45, 2.75) is 69.9 Å². The molecule has 0 aromatic carbocycles. The fourth-order valence-corrected chi connectivity index (χ4v) is 5.02. The third kappa shape index (κ3) is 3.06. The van der Waals surface area contributed by atoms with Crippen molar-refractivity contribution in [2.24, 2.45) is 0 Å². The number of hydrogen-bond donors (Lipinski definition) is 1. The quantitative estimate of drug-likeness (QED) is 0.882. The number of nitrogens with zero attached hydrogens (tertiary/aromatic N) is 1. The molecule has 0 atom stereocenters. The first-order valence-electron chi connectivity index (χ1n) is 8.74. The minimum Gasteiger partial charge on any atom is -0.308 e. The molecule has 1 saturated carbocycles. The van der Waals surface area contributed by atoms with Gasteiger partial charge in [-0.25, -0.2) is 0 Å². The molecule has 2 fully saturated rings. The molecular formula is C18H30N2S. The molecule has 2 heterocycles. The van der Waals surface area contributed by atoms with E-state index in [0.29, 0.717) is 11.1 Å². The fraction of sp³-hybridized carbons (Fsp3) is 0.778. The Labute approximate surface area is 133 Å². The highest BCUT2D eigenvalue weighted by molar-refractivity contribution is 7.09. The molecule has 0 unspecified atom stereocenters. The number of hydrogen-bond acceptors (Lipinski definition) is 3. The molecule has 2 nitrogen and oxygen atoms in total. The second-order valence-corrected chi connectivity index (χ2v) is 8.06. The van der Waals surface area contributed by atoms with Crippen LogP contribution in [0.4, 0.5) is 0 Å². The molecule has 1 spiro atoms. The van der Waals surface area contributed by atoms with Gasteiger partial charge in [0.1, 0.15) is 0 Å². The molecule has 0 radical (unpaired) electrons. The largest absolute Gasteiger partial charge is 0.308 e. The molecule has 1 aromatic heterocycles. The molecule has 21 heavy (non-hydrogen) atoms. The van der Waals surface area contributed by atoms with E-state index in [2.05, 4.69) is 41.6 Å². The summed E-state index contributed by atoms with van der Waals surface area (Å²) in [6.45, 7) is 8.38. The summed E-state index contributed by atoms with van der Waals surface area (Å²) in [6.07, 6.45) is 9.35. The molecule has 0 bridgehead atoms. The standard InChI is InChI=1S/C18H30N2S/c1-3-17(4-2)15-20(12-9-16-8-7-13-21-16)18(14-19-17)10-5-6-11-18/h7-8,13,19H,3-6,9-12,14-15H2,1-2H3. The number of thiophene rings is 1. The third-order valence-corrected chi connectivity index (χ3v) is 6.99. The minimum atomic E-state index is 0.350. The van der Waals surface area contributed by atoms with Crippen LogP contribution in [0.2, 0.25) is 0 Å². The van der Waals surface area contributed by atoms with Crippen molar-refractivity contribution in [3.8, 4) is 0 Å². The number of nitrogens with one attached hydrogen (secondary N) is 1. The van der Waals surface area contributed by atoms with E-state index >= 15 is 0 Å². The Morgan fingerprint density at radius 1 is 1.24 bits per heavy atom. The van der Waals surface area contributed by atoms with E-state index in [0.717, 1.165) is 0 Å². The fourth-order valence-electron chi connectivity index (χ4n) is 4.32. The van der Waals surface area contributed by atoms with Crippen LogP contribution in [-0.2, 0) is 6.42 Å². The van der Waals surface area contributed by atoms with E-state index in [1.807, 2.05) is 11.3 Å². The van der Waals surface area contributed by atoms with Crippen LogP contribution in [0.25, 0.3) is 0 Å². The minimum absolute atomic E-state index is 0.350. The maximum absolute atomic E-state index is 3.95. The van der Waals surface area contributed by atoms with E-state index in [-0.39, 0.29) is 0 Å². The highest BCUT2D eigenvalue weighted by Crippen LogP contribution is 2.39. The van der Waals surface area contributed by atoms with Crippen molar-refractivity contribution in [1.82, 2.24) is 10.2 Å². The molecule has 3 rings (SSSR count). The van der Waals surface area contributed by atoms with Crippen molar-refractivity contribution >= 4 is 11.3 Å². The second-order valence-electron chi connectivity index (χ2n) is 7.02. The van der Waals surface area contributed by atoms with E-state index in [9.17, 15) is 0 Å². The predicted molar refractivity (Wildman–Crippen MR) is 92.1 cm³/mol. The zero-order valence-corrected chi connectivity index (χ0v) is 14.5. The van der Waals surface area contributed by atoms with E-state index < -0.39 is 0 Å². The molecule has 1 saturated heterocycles. The molecule has 0 amide bonds. The van der Waals surface area contributed by atoms with Crippen molar-refractivity contribution < 1.29 is 0 Å². The van der Waals surface area contributed by atoms with Crippen LogP contribution in [0.15, 0.2) is 17.5 Å². The Morgan fingerprint density at radius 3 is 2.62 bits per heavy atom. The SMILES string of the molecule is CCC1(CC)CN(CCc2cccs2)C2(CCCC2)CN1. The highest BCUT2D eigenvalue weighted by atomic mass is 32.1. The van der Waals surface area contributed by atoms with Gasteiger partial charge in [-0.2, -0.15) is 0 Å². The summed E-state index contributed by atoms with van der Waals surface area (Å²) < 4.78 is 0. The van der Waals surface area contributed by atoms with Crippen molar-refractivity contribution in [2.75, 3.05) is 19.6 Å². The highest BCUT2D eigenvalue weighted by Gasteiger charge is 2.47. The summed E-state index contributed by atoms with van der Waals surface area (Å²) in [4.78, 5) is 4.41. The van der Waals surface area contributed by atoms with Gasteiger partial charge < -0.3 is 5.32 Å². The molecule has 118 valence electrons. The molecule has 1 aromatic rings. The predicted octanol–water partition coefficient (Wildman–Crippen LogP) is 4.07. The van der Waals surface area contributed by atoms with Gasteiger partial charge in [0.25, 0.3) is 0 Å². The Hall–Kier alpha value is -0.380. The van der Waals surface area contributed by atoms with E-state index in [1.54, 1.807) is 4.88 Å². The second kappa shape index (κ2) is 6.39. The van der Waals surface area contributed by atoms with Gasteiger partial charge in [-0.15, -0.1) is 11.3 Å². The summed E-state index contributed by atoms with van der Waals surface area (Å²) in [7, 11) is 0. The van der Waals surface area contributed by atoms with Crippen LogP contribution >= 0.6 is 11.3 Å². The lowest BCUT2D eigenvalue weighted by Gasteiger charge is -2.53. The van der Waals surface area contributed by atoms with Gasteiger partial charge in [-0.3, -0.25) is 4.90 Å². The zero-order valence-electron chi connectivity index (χ0n) is 13.7. The van der Waals surface area contributed by atoms with Gasteiger partial charge >= 0.3 is 0 Å². The monoisotopic (exact) mass is 306 g/mol.